The summed E-state index contributed by atoms with van der Waals surface area (Å²) in [5.74, 6) is -0.729. The van der Waals surface area contributed by atoms with E-state index in [9.17, 15) is 9.90 Å². The molecule has 0 saturated heterocycles. The number of hydrogen-bond donors (Lipinski definition) is 2. The van der Waals surface area contributed by atoms with Crippen molar-refractivity contribution in [3.63, 3.8) is 0 Å². The van der Waals surface area contributed by atoms with Gasteiger partial charge in [0.15, 0.2) is 0 Å². The minimum Gasteiger partial charge on any atom is -0.480 e. The van der Waals surface area contributed by atoms with Crippen molar-refractivity contribution in [2.75, 3.05) is 26.7 Å². The van der Waals surface area contributed by atoms with Gasteiger partial charge in [-0.25, -0.2) is 0 Å². The molecule has 1 atom stereocenters. The van der Waals surface area contributed by atoms with Crippen molar-refractivity contribution in [1.82, 2.24) is 10.2 Å². The number of unbranched alkanes of at least 4 members (excludes halogenated alkanes) is 1. The van der Waals surface area contributed by atoms with Gasteiger partial charge in [0, 0.05) is 12.6 Å². The molecule has 1 aliphatic carbocycles. The second kappa shape index (κ2) is 8.71. The van der Waals surface area contributed by atoms with Gasteiger partial charge in [-0.1, -0.05) is 0 Å². The summed E-state index contributed by atoms with van der Waals surface area (Å²) < 4.78 is 5.53. The van der Waals surface area contributed by atoms with Gasteiger partial charge in [-0.05, 0) is 66.5 Å². The molecule has 0 aromatic rings. The number of ether oxygens (including phenoxy) is 1. The molecule has 0 spiro atoms. The zero-order chi connectivity index (χ0) is 15.9. The van der Waals surface area contributed by atoms with E-state index < -0.39 is 11.5 Å². The Morgan fingerprint density at radius 1 is 1.38 bits per heavy atom. The molecule has 21 heavy (non-hydrogen) atoms. The Morgan fingerprint density at radius 2 is 2.05 bits per heavy atom. The maximum Gasteiger partial charge on any atom is 0.323 e. The van der Waals surface area contributed by atoms with Crippen LogP contribution in [-0.4, -0.2) is 60.4 Å². The van der Waals surface area contributed by atoms with Crippen molar-refractivity contribution in [2.45, 2.75) is 70.6 Å². The quantitative estimate of drug-likeness (QED) is 0.541. The van der Waals surface area contributed by atoms with E-state index >= 15 is 0 Å². The van der Waals surface area contributed by atoms with Crippen molar-refractivity contribution in [2.24, 2.45) is 0 Å². The van der Waals surface area contributed by atoms with Crippen LogP contribution in [0.1, 0.15) is 52.9 Å². The van der Waals surface area contributed by atoms with Gasteiger partial charge in [0.1, 0.15) is 5.54 Å². The lowest BCUT2D eigenvalue weighted by molar-refractivity contribution is -0.144. The minimum absolute atomic E-state index is 0.281. The highest BCUT2D eigenvalue weighted by Gasteiger charge is 2.37. The molecule has 1 aliphatic rings. The molecule has 0 radical (unpaired) electrons. The van der Waals surface area contributed by atoms with Crippen LogP contribution in [0, 0.1) is 0 Å². The summed E-state index contributed by atoms with van der Waals surface area (Å²) in [6.07, 6.45) is 5.15. The molecular weight excluding hydrogens is 268 g/mol. The van der Waals surface area contributed by atoms with Gasteiger partial charge in [-0.2, -0.15) is 0 Å². The Hall–Kier alpha value is -0.650. The average molecular weight is 300 g/mol. The van der Waals surface area contributed by atoms with E-state index in [0.717, 1.165) is 45.4 Å². The van der Waals surface area contributed by atoms with Gasteiger partial charge >= 0.3 is 5.97 Å². The van der Waals surface area contributed by atoms with E-state index in [1.165, 1.54) is 0 Å². The lowest BCUT2D eigenvalue weighted by atomic mass is 9.94. The van der Waals surface area contributed by atoms with Gasteiger partial charge in [0.2, 0.25) is 0 Å². The van der Waals surface area contributed by atoms with E-state index in [4.69, 9.17) is 4.74 Å². The number of likely N-dealkylation sites (N-methyl/N-ethyl adjacent to an activating group) is 1. The zero-order valence-corrected chi connectivity index (χ0v) is 14.0. The molecule has 0 amide bonds. The van der Waals surface area contributed by atoms with E-state index in [1.807, 2.05) is 20.8 Å². The zero-order valence-electron chi connectivity index (χ0n) is 14.0. The smallest absolute Gasteiger partial charge is 0.323 e. The lowest BCUT2D eigenvalue weighted by Gasteiger charge is -2.27. The van der Waals surface area contributed by atoms with Crippen LogP contribution >= 0.6 is 0 Å². The molecule has 0 aromatic carbocycles. The Bertz CT molecular complexity index is 319. The number of carboxylic acids is 1. The largest absolute Gasteiger partial charge is 0.480 e. The Balaban J connectivity index is 2.14. The van der Waals surface area contributed by atoms with Crippen LogP contribution in [0.3, 0.4) is 0 Å². The second-order valence-electron chi connectivity index (χ2n) is 6.74. The molecule has 0 aromatic heterocycles. The first kappa shape index (κ1) is 18.4. The molecule has 0 heterocycles. The molecule has 1 rings (SSSR count). The maximum atomic E-state index is 11.4. The Kier molecular flexibility index (Phi) is 7.63. The van der Waals surface area contributed by atoms with Gasteiger partial charge in [-0.3, -0.25) is 10.1 Å². The SMILES string of the molecule is CC(C)OCCN(C)CCCCC(C)(NC1CC1)C(=O)O. The van der Waals surface area contributed by atoms with E-state index in [-0.39, 0.29) is 6.10 Å². The van der Waals surface area contributed by atoms with Gasteiger partial charge < -0.3 is 14.7 Å². The highest BCUT2D eigenvalue weighted by molar-refractivity contribution is 5.78. The fraction of sp³-hybridized carbons (Fsp3) is 0.938. The Labute approximate surface area is 129 Å². The number of carbonyl (C=O) groups is 1. The summed E-state index contributed by atoms with van der Waals surface area (Å²) in [6, 6.07) is 0.418. The van der Waals surface area contributed by atoms with E-state index in [2.05, 4.69) is 17.3 Å². The fourth-order valence-electron chi connectivity index (χ4n) is 2.34. The van der Waals surface area contributed by atoms with Gasteiger partial charge in [0.05, 0.1) is 12.7 Å². The number of aliphatic carboxylic acids is 1. The topological polar surface area (TPSA) is 61.8 Å². The molecule has 5 nitrogen and oxygen atoms in total. The third kappa shape index (κ3) is 7.79. The maximum absolute atomic E-state index is 11.4. The lowest BCUT2D eigenvalue weighted by Crippen LogP contribution is -2.50. The minimum atomic E-state index is -0.763. The summed E-state index contributed by atoms with van der Waals surface area (Å²) in [4.78, 5) is 13.7. The molecular formula is C16H32N2O3. The third-order valence-electron chi connectivity index (χ3n) is 3.96. The number of rotatable bonds is 12. The molecule has 0 aliphatic heterocycles. The summed E-state index contributed by atoms with van der Waals surface area (Å²) in [6.45, 7) is 8.56. The molecule has 2 N–H and O–H groups in total. The normalized spacial score (nSPS) is 18.2. The van der Waals surface area contributed by atoms with Crippen molar-refractivity contribution < 1.29 is 14.6 Å². The van der Waals surface area contributed by atoms with Crippen LogP contribution in [0.4, 0.5) is 0 Å². The summed E-state index contributed by atoms with van der Waals surface area (Å²) >= 11 is 0. The third-order valence-corrected chi connectivity index (χ3v) is 3.96. The standard InChI is InChI=1S/C16H32N2O3/c1-13(2)21-12-11-18(4)10-6-5-9-16(3,15(19)20)17-14-7-8-14/h13-14,17H,5-12H2,1-4H3,(H,19,20). The molecule has 1 saturated carbocycles. The number of nitrogens with one attached hydrogen (secondary N) is 1. The molecule has 0 bridgehead atoms. The first-order chi connectivity index (χ1) is 9.83. The van der Waals surface area contributed by atoms with Crippen LogP contribution < -0.4 is 5.32 Å². The number of carboxylic acid groups (broad SMARTS) is 1. The fourth-order valence-corrected chi connectivity index (χ4v) is 2.34. The van der Waals surface area contributed by atoms with E-state index in [1.54, 1.807) is 0 Å². The molecule has 1 fully saturated rings. The van der Waals surface area contributed by atoms with Crippen LogP contribution in [-0.2, 0) is 9.53 Å². The van der Waals surface area contributed by atoms with Crippen LogP contribution in [0.25, 0.3) is 0 Å². The molecule has 5 heteroatoms. The number of hydrogen-bond acceptors (Lipinski definition) is 4. The summed E-state index contributed by atoms with van der Waals surface area (Å²) in [7, 11) is 2.09. The predicted molar refractivity (Wildman–Crippen MR) is 84.6 cm³/mol. The molecule has 1 unspecified atom stereocenters. The Morgan fingerprint density at radius 3 is 2.57 bits per heavy atom. The average Bonchev–Trinajstić information content (AvgIpc) is 3.18. The first-order valence-corrected chi connectivity index (χ1v) is 8.15. The van der Waals surface area contributed by atoms with Crippen molar-refractivity contribution in [1.29, 1.82) is 0 Å². The van der Waals surface area contributed by atoms with Gasteiger partial charge in [-0.15, -0.1) is 0 Å². The first-order valence-electron chi connectivity index (χ1n) is 8.15. The van der Waals surface area contributed by atoms with Crippen LogP contribution in [0.2, 0.25) is 0 Å². The summed E-state index contributed by atoms with van der Waals surface area (Å²) in [5.41, 5.74) is -0.763. The highest BCUT2D eigenvalue weighted by atomic mass is 16.5. The van der Waals surface area contributed by atoms with Crippen LogP contribution in [0.15, 0.2) is 0 Å². The van der Waals surface area contributed by atoms with Crippen LogP contribution in [0.5, 0.6) is 0 Å². The van der Waals surface area contributed by atoms with Crippen molar-refractivity contribution >= 4 is 5.97 Å². The van der Waals surface area contributed by atoms with Crippen molar-refractivity contribution in [3.05, 3.63) is 0 Å². The van der Waals surface area contributed by atoms with E-state index in [0.29, 0.717) is 12.5 Å². The number of nitrogens with zero attached hydrogens (tertiary/aromatic N) is 1. The second-order valence-corrected chi connectivity index (χ2v) is 6.74. The van der Waals surface area contributed by atoms with Gasteiger partial charge in [0.25, 0.3) is 0 Å². The summed E-state index contributed by atoms with van der Waals surface area (Å²) in [5, 5.41) is 12.7. The predicted octanol–water partition coefficient (Wildman–Crippen LogP) is 2.11. The monoisotopic (exact) mass is 300 g/mol. The highest BCUT2D eigenvalue weighted by Crippen LogP contribution is 2.25. The van der Waals surface area contributed by atoms with Crippen molar-refractivity contribution in [3.8, 4) is 0 Å². The molecule has 124 valence electrons.